The van der Waals surface area contributed by atoms with Gasteiger partial charge in [-0.15, -0.1) is 0 Å². The molecule has 0 saturated heterocycles. The number of rotatable bonds is 1. The molecule has 5 rings (SSSR count). The lowest BCUT2D eigenvalue weighted by Gasteiger charge is -2.04. The number of hydrogen-bond acceptors (Lipinski definition) is 2. The quantitative estimate of drug-likeness (QED) is 0.504. The Balaban J connectivity index is 2.00. The van der Waals surface area contributed by atoms with E-state index in [-0.39, 0.29) is 5.76 Å². The van der Waals surface area contributed by atoms with E-state index in [9.17, 15) is 4.79 Å². The average Bonchev–Trinajstić information content (AvgIpc) is 3.11. The minimum absolute atomic E-state index is 0.371. The van der Waals surface area contributed by atoms with Gasteiger partial charge in [0.15, 0.2) is 5.58 Å². The summed E-state index contributed by atoms with van der Waals surface area (Å²) in [6.07, 6.45) is 0. The molecule has 4 nitrogen and oxygen atoms in total. The second-order valence-corrected chi connectivity index (χ2v) is 5.54. The van der Waals surface area contributed by atoms with Gasteiger partial charge in [-0.25, -0.2) is 9.36 Å². The molecule has 0 radical (unpaired) electrons. The van der Waals surface area contributed by atoms with Crippen molar-refractivity contribution in [3.63, 3.8) is 0 Å². The number of benzene rings is 3. The Morgan fingerprint density at radius 3 is 2.57 bits per heavy atom. The molecule has 4 heteroatoms. The van der Waals surface area contributed by atoms with Crippen LogP contribution in [-0.2, 0) is 0 Å². The van der Waals surface area contributed by atoms with Crippen LogP contribution in [0.25, 0.3) is 38.6 Å². The zero-order chi connectivity index (χ0) is 15.4. The first-order chi connectivity index (χ1) is 11.3. The van der Waals surface area contributed by atoms with Crippen molar-refractivity contribution in [3.8, 4) is 5.69 Å². The van der Waals surface area contributed by atoms with E-state index in [1.54, 1.807) is 4.57 Å². The molecule has 5 aromatic rings. The molecule has 2 aromatic heterocycles. The zero-order valence-corrected chi connectivity index (χ0v) is 12.1. The molecule has 0 atom stereocenters. The Morgan fingerprint density at radius 1 is 0.826 bits per heavy atom. The summed E-state index contributed by atoms with van der Waals surface area (Å²) in [5.74, 6) is -0.371. The van der Waals surface area contributed by atoms with Crippen molar-refractivity contribution in [3.05, 3.63) is 77.3 Å². The molecule has 0 fully saturated rings. The summed E-state index contributed by atoms with van der Waals surface area (Å²) in [5, 5.41) is 2.12. The maximum atomic E-state index is 12.4. The highest BCUT2D eigenvalue weighted by molar-refractivity contribution is 6.11. The van der Waals surface area contributed by atoms with Gasteiger partial charge in [0.2, 0.25) is 0 Å². The van der Waals surface area contributed by atoms with Gasteiger partial charge in [0.1, 0.15) is 0 Å². The van der Waals surface area contributed by atoms with E-state index in [1.165, 1.54) is 0 Å². The number of fused-ring (bicyclic) bond motifs is 4. The van der Waals surface area contributed by atoms with Crippen LogP contribution in [0.3, 0.4) is 0 Å². The summed E-state index contributed by atoms with van der Waals surface area (Å²) in [6, 6.07) is 21.5. The molecule has 0 aliphatic rings. The average molecular weight is 300 g/mol. The highest BCUT2D eigenvalue weighted by Crippen LogP contribution is 2.31. The number of nitrogens with one attached hydrogen (secondary N) is 1. The number of oxazole rings is 1. The molecule has 2 heterocycles. The molecule has 0 saturated carbocycles. The van der Waals surface area contributed by atoms with E-state index in [0.29, 0.717) is 5.58 Å². The van der Waals surface area contributed by atoms with Gasteiger partial charge in [0.25, 0.3) is 0 Å². The van der Waals surface area contributed by atoms with Gasteiger partial charge in [-0.2, -0.15) is 0 Å². The van der Waals surface area contributed by atoms with Crippen LogP contribution in [0.4, 0.5) is 0 Å². The highest BCUT2D eigenvalue weighted by Gasteiger charge is 2.15. The molecule has 3 aromatic carbocycles. The van der Waals surface area contributed by atoms with Crippen molar-refractivity contribution in [1.29, 1.82) is 0 Å². The number of hydrogen-bond donors (Lipinski definition) is 1. The topological polar surface area (TPSA) is 50.9 Å². The maximum Gasteiger partial charge on any atom is 0.424 e. The van der Waals surface area contributed by atoms with E-state index >= 15 is 0 Å². The highest BCUT2D eigenvalue weighted by atomic mass is 16.4. The van der Waals surface area contributed by atoms with Gasteiger partial charge in [-0.3, -0.25) is 0 Å². The number of para-hydroxylation sites is 3. The van der Waals surface area contributed by atoms with E-state index in [2.05, 4.69) is 11.1 Å². The smallest absolute Gasteiger partial charge is 0.407 e. The molecule has 0 bridgehead atoms. The minimum atomic E-state index is -0.371. The third-order valence-corrected chi connectivity index (χ3v) is 4.24. The lowest BCUT2D eigenvalue weighted by atomic mass is 10.1. The molecule has 0 aliphatic heterocycles. The number of H-pyrrole nitrogens is 1. The Morgan fingerprint density at radius 2 is 1.61 bits per heavy atom. The van der Waals surface area contributed by atoms with Crippen molar-refractivity contribution in [1.82, 2.24) is 9.55 Å². The van der Waals surface area contributed by atoms with Crippen LogP contribution in [0, 0.1) is 0 Å². The van der Waals surface area contributed by atoms with Crippen LogP contribution >= 0.6 is 0 Å². The van der Waals surface area contributed by atoms with Gasteiger partial charge >= 0.3 is 5.76 Å². The zero-order valence-electron chi connectivity index (χ0n) is 12.1. The second-order valence-electron chi connectivity index (χ2n) is 5.54. The summed E-state index contributed by atoms with van der Waals surface area (Å²) in [6.45, 7) is 0. The van der Waals surface area contributed by atoms with Gasteiger partial charge in [-0.1, -0.05) is 36.4 Å². The van der Waals surface area contributed by atoms with Crippen molar-refractivity contribution >= 4 is 32.9 Å². The third-order valence-electron chi connectivity index (χ3n) is 4.24. The maximum absolute atomic E-state index is 12.4. The molecule has 1 N–H and O–H groups in total. The fourth-order valence-corrected chi connectivity index (χ4v) is 3.26. The summed E-state index contributed by atoms with van der Waals surface area (Å²) in [5.41, 5.74) is 4.25. The number of nitrogens with zero attached hydrogens (tertiary/aromatic N) is 1. The van der Waals surface area contributed by atoms with Gasteiger partial charge in [-0.05, 0) is 30.3 Å². The fraction of sp³-hybridized carbons (Fsp3) is 0. The molecular formula is C19H12N2O2. The number of aromatic amines is 1. The van der Waals surface area contributed by atoms with E-state index in [4.69, 9.17) is 4.42 Å². The van der Waals surface area contributed by atoms with E-state index in [1.807, 2.05) is 60.7 Å². The van der Waals surface area contributed by atoms with Crippen molar-refractivity contribution in [2.24, 2.45) is 0 Å². The van der Waals surface area contributed by atoms with Crippen LogP contribution in [0.15, 0.2) is 75.9 Å². The molecule has 0 spiro atoms. The monoisotopic (exact) mass is 300 g/mol. The fourth-order valence-electron chi connectivity index (χ4n) is 3.26. The third kappa shape index (κ3) is 1.63. The van der Waals surface area contributed by atoms with Gasteiger partial charge in [0.05, 0.1) is 11.2 Å². The van der Waals surface area contributed by atoms with E-state index in [0.717, 1.165) is 33.0 Å². The normalized spacial score (nSPS) is 11.7. The predicted octanol–water partition coefficient (Wildman–Crippen LogP) is 4.22. The molecule has 0 aliphatic carbocycles. The Kier molecular flexibility index (Phi) is 2.33. The first-order valence-corrected chi connectivity index (χ1v) is 7.43. The predicted molar refractivity (Wildman–Crippen MR) is 91.2 cm³/mol. The standard InChI is InChI=1S/C19H12N2O2/c22-19-21(15-9-3-4-11-17(15)23-19)16-10-5-8-14-18(16)12-6-1-2-7-13(12)20-14/h1-11,20H. The van der Waals surface area contributed by atoms with Crippen LogP contribution < -0.4 is 5.76 Å². The van der Waals surface area contributed by atoms with Crippen molar-refractivity contribution in [2.75, 3.05) is 0 Å². The first-order valence-electron chi connectivity index (χ1n) is 7.43. The summed E-state index contributed by atoms with van der Waals surface area (Å²) < 4.78 is 7.03. The molecule has 0 amide bonds. The van der Waals surface area contributed by atoms with Crippen molar-refractivity contribution < 1.29 is 4.42 Å². The van der Waals surface area contributed by atoms with Crippen LogP contribution in [0.1, 0.15) is 0 Å². The molecule has 0 unspecified atom stereocenters. The van der Waals surface area contributed by atoms with Crippen LogP contribution in [0.5, 0.6) is 0 Å². The Bertz CT molecular complexity index is 1240. The summed E-state index contributed by atoms with van der Waals surface area (Å²) in [7, 11) is 0. The second kappa shape index (κ2) is 4.36. The minimum Gasteiger partial charge on any atom is -0.407 e. The van der Waals surface area contributed by atoms with E-state index < -0.39 is 0 Å². The van der Waals surface area contributed by atoms with Crippen LogP contribution in [0.2, 0.25) is 0 Å². The van der Waals surface area contributed by atoms with Crippen molar-refractivity contribution in [2.45, 2.75) is 0 Å². The Hall–Kier alpha value is -3.27. The lowest BCUT2D eigenvalue weighted by Crippen LogP contribution is -2.11. The van der Waals surface area contributed by atoms with Gasteiger partial charge in [0, 0.05) is 21.8 Å². The first kappa shape index (κ1) is 12.3. The number of aromatic nitrogens is 2. The SMILES string of the molecule is O=c1oc2ccccc2n1-c1cccc2[nH]c3ccccc3c12. The summed E-state index contributed by atoms with van der Waals surface area (Å²) in [4.78, 5) is 15.8. The molecule has 23 heavy (non-hydrogen) atoms. The van der Waals surface area contributed by atoms with Crippen LogP contribution in [-0.4, -0.2) is 9.55 Å². The Labute approximate surface area is 130 Å². The largest absolute Gasteiger partial charge is 0.424 e. The summed E-state index contributed by atoms with van der Waals surface area (Å²) >= 11 is 0. The molecular weight excluding hydrogens is 288 g/mol. The lowest BCUT2D eigenvalue weighted by molar-refractivity contribution is 0.541. The van der Waals surface area contributed by atoms with Gasteiger partial charge < -0.3 is 9.40 Å². The molecule has 110 valence electrons.